The molecule has 1 heterocycles. The highest BCUT2D eigenvalue weighted by atomic mass is 32.1. The molecule has 0 bridgehead atoms. The zero-order chi connectivity index (χ0) is 11.4. The van der Waals surface area contributed by atoms with E-state index >= 15 is 0 Å². The molecular weight excluding hydrogens is 240 g/mol. The zero-order valence-electron chi connectivity index (χ0n) is 8.42. The summed E-state index contributed by atoms with van der Waals surface area (Å²) >= 11 is 5.74. The summed E-state index contributed by atoms with van der Waals surface area (Å²) in [6.45, 7) is 0.327. The van der Waals surface area contributed by atoms with Gasteiger partial charge in [-0.1, -0.05) is 12.1 Å². The summed E-state index contributed by atoms with van der Waals surface area (Å²) < 4.78 is 5.16. The SMILES string of the molecule is O=C(OCc1cccs1)c1cccc(S)c1. The van der Waals surface area contributed by atoms with Crippen molar-refractivity contribution in [3.63, 3.8) is 0 Å². The Morgan fingerprint density at radius 1 is 1.31 bits per heavy atom. The standard InChI is InChI=1S/C12H10O2S2/c13-12(9-3-1-4-10(15)7-9)14-8-11-5-2-6-16-11/h1-7,15H,8H2. The molecular formula is C12H10O2S2. The molecule has 0 aliphatic carbocycles. The molecule has 16 heavy (non-hydrogen) atoms. The van der Waals surface area contributed by atoms with Crippen molar-refractivity contribution >= 4 is 29.9 Å². The second-order valence-electron chi connectivity index (χ2n) is 3.21. The Hall–Kier alpha value is -1.26. The van der Waals surface area contributed by atoms with Gasteiger partial charge in [-0.3, -0.25) is 0 Å². The van der Waals surface area contributed by atoms with Crippen LogP contribution in [0.5, 0.6) is 0 Å². The van der Waals surface area contributed by atoms with E-state index in [0.29, 0.717) is 12.2 Å². The minimum atomic E-state index is -0.315. The molecule has 0 saturated carbocycles. The van der Waals surface area contributed by atoms with Crippen molar-refractivity contribution in [3.8, 4) is 0 Å². The Kier molecular flexibility index (Phi) is 3.64. The molecule has 1 aromatic carbocycles. The van der Waals surface area contributed by atoms with E-state index in [-0.39, 0.29) is 5.97 Å². The molecule has 0 N–H and O–H groups in total. The molecule has 0 aliphatic heterocycles. The summed E-state index contributed by atoms with van der Waals surface area (Å²) in [7, 11) is 0. The lowest BCUT2D eigenvalue weighted by Gasteiger charge is -2.03. The number of esters is 1. The first-order valence-corrected chi connectivity index (χ1v) is 6.07. The van der Waals surface area contributed by atoms with Crippen LogP contribution in [0, 0.1) is 0 Å². The molecule has 0 amide bonds. The van der Waals surface area contributed by atoms with E-state index in [1.807, 2.05) is 23.6 Å². The van der Waals surface area contributed by atoms with Crippen molar-refractivity contribution in [1.82, 2.24) is 0 Å². The molecule has 0 fully saturated rings. The number of rotatable bonds is 3. The Bertz CT molecular complexity index is 478. The number of benzene rings is 1. The van der Waals surface area contributed by atoms with E-state index in [9.17, 15) is 4.79 Å². The molecule has 2 aromatic rings. The highest BCUT2D eigenvalue weighted by Crippen LogP contribution is 2.13. The maximum atomic E-state index is 11.6. The normalized spacial score (nSPS) is 10.1. The smallest absolute Gasteiger partial charge is 0.338 e. The van der Waals surface area contributed by atoms with Gasteiger partial charge in [0.05, 0.1) is 5.56 Å². The number of thiol groups is 1. The molecule has 1 aromatic heterocycles. The van der Waals surface area contributed by atoms with Crippen LogP contribution >= 0.6 is 24.0 Å². The minimum absolute atomic E-state index is 0.315. The maximum Gasteiger partial charge on any atom is 0.338 e. The first-order chi connectivity index (χ1) is 7.75. The van der Waals surface area contributed by atoms with E-state index in [4.69, 9.17) is 4.74 Å². The molecule has 0 saturated heterocycles. The van der Waals surface area contributed by atoms with Gasteiger partial charge in [0.15, 0.2) is 0 Å². The molecule has 0 radical (unpaired) electrons. The minimum Gasteiger partial charge on any atom is -0.456 e. The number of hydrogen-bond acceptors (Lipinski definition) is 4. The van der Waals surface area contributed by atoms with Gasteiger partial charge in [-0.2, -0.15) is 0 Å². The summed E-state index contributed by atoms with van der Waals surface area (Å²) in [4.78, 5) is 13.4. The average Bonchev–Trinajstić information content (AvgIpc) is 2.78. The highest BCUT2D eigenvalue weighted by Gasteiger charge is 2.07. The first-order valence-electron chi connectivity index (χ1n) is 4.74. The monoisotopic (exact) mass is 250 g/mol. The van der Waals surface area contributed by atoms with Crippen LogP contribution in [0.1, 0.15) is 15.2 Å². The Balaban J connectivity index is 1.98. The van der Waals surface area contributed by atoms with Gasteiger partial charge in [-0.15, -0.1) is 24.0 Å². The van der Waals surface area contributed by atoms with E-state index in [0.717, 1.165) is 9.77 Å². The number of carbonyl (C=O) groups excluding carboxylic acids is 1. The second kappa shape index (κ2) is 5.18. The molecule has 2 nitrogen and oxygen atoms in total. The number of hydrogen-bond donors (Lipinski definition) is 1. The van der Waals surface area contributed by atoms with Gasteiger partial charge >= 0.3 is 5.97 Å². The van der Waals surface area contributed by atoms with Crippen LogP contribution in [-0.4, -0.2) is 5.97 Å². The zero-order valence-corrected chi connectivity index (χ0v) is 10.1. The van der Waals surface area contributed by atoms with Crippen LogP contribution in [0.2, 0.25) is 0 Å². The second-order valence-corrected chi connectivity index (χ2v) is 4.75. The summed E-state index contributed by atoms with van der Waals surface area (Å²) in [6, 6.07) is 10.9. The summed E-state index contributed by atoms with van der Waals surface area (Å²) in [5.74, 6) is -0.315. The molecule has 0 aliphatic rings. The highest BCUT2D eigenvalue weighted by molar-refractivity contribution is 7.80. The van der Waals surface area contributed by atoms with Crippen molar-refractivity contribution in [2.45, 2.75) is 11.5 Å². The predicted octanol–water partition coefficient (Wildman–Crippen LogP) is 3.39. The predicted molar refractivity (Wildman–Crippen MR) is 67.1 cm³/mol. The third-order valence-electron chi connectivity index (χ3n) is 2.01. The number of carbonyl (C=O) groups is 1. The first kappa shape index (κ1) is 11.2. The fourth-order valence-electron chi connectivity index (χ4n) is 1.25. The van der Waals surface area contributed by atoms with Crippen molar-refractivity contribution in [2.75, 3.05) is 0 Å². The van der Waals surface area contributed by atoms with Crippen molar-refractivity contribution < 1.29 is 9.53 Å². The quantitative estimate of drug-likeness (QED) is 0.667. The summed E-state index contributed by atoms with van der Waals surface area (Å²) in [6.07, 6.45) is 0. The third-order valence-corrected chi connectivity index (χ3v) is 3.14. The van der Waals surface area contributed by atoms with Crippen molar-refractivity contribution in [2.24, 2.45) is 0 Å². The van der Waals surface area contributed by atoms with Crippen LogP contribution in [0.15, 0.2) is 46.7 Å². The Labute approximate surface area is 103 Å². The number of ether oxygens (including phenoxy) is 1. The molecule has 0 unspecified atom stereocenters. The fraction of sp³-hybridized carbons (Fsp3) is 0.0833. The van der Waals surface area contributed by atoms with Gasteiger partial charge in [0.25, 0.3) is 0 Å². The Morgan fingerprint density at radius 3 is 2.88 bits per heavy atom. The largest absolute Gasteiger partial charge is 0.456 e. The lowest BCUT2D eigenvalue weighted by molar-refractivity contribution is 0.0476. The lowest BCUT2D eigenvalue weighted by atomic mass is 10.2. The number of thiophene rings is 1. The van der Waals surface area contributed by atoms with Crippen molar-refractivity contribution in [1.29, 1.82) is 0 Å². The topological polar surface area (TPSA) is 26.3 Å². The lowest BCUT2D eigenvalue weighted by Crippen LogP contribution is -2.04. The van der Waals surface area contributed by atoms with Crippen LogP contribution in [0.4, 0.5) is 0 Å². The van der Waals surface area contributed by atoms with Gasteiger partial charge in [-0.25, -0.2) is 4.79 Å². The molecule has 0 spiro atoms. The van der Waals surface area contributed by atoms with Gasteiger partial charge in [0.1, 0.15) is 6.61 Å². The fourth-order valence-corrected chi connectivity index (χ4v) is 2.09. The molecule has 82 valence electrons. The third kappa shape index (κ3) is 2.87. The van der Waals surface area contributed by atoms with Crippen LogP contribution in [0.25, 0.3) is 0 Å². The van der Waals surface area contributed by atoms with Gasteiger partial charge < -0.3 is 4.74 Å². The summed E-state index contributed by atoms with van der Waals surface area (Å²) in [5, 5.41) is 1.96. The van der Waals surface area contributed by atoms with Crippen LogP contribution < -0.4 is 0 Å². The van der Waals surface area contributed by atoms with Crippen LogP contribution in [-0.2, 0) is 11.3 Å². The van der Waals surface area contributed by atoms with Gasteiger partial charge in [0, 0.05) is 9.77 Å². The summed E-state index contributed by atoms with van der Waals surface area (Å²) in [5.41, 5.74) is 0.532. The van der Waals surface area contributed by atoms with E-state index in [2.05, 4.69) is 12.6 Å². The Morgan fingerprint density at radius 2 is 2.19 bits per heavy atom. The van der Waals surface area contributed by atoms with E-state index in [1.54, 1.807) is 29.5 Å². The average molecular weight is 250 g/mol. The maximum absolute atomic E-state index is 11.6. The van der Waals surface area contributed by atoms with Gasteiger partial charge in [-0.05, 0) is 29.6 Å². The van der Waals surface area contributed by atoms with Gasteiger partial charge in [0.2, 0.25) is 0 Å². The van der Waals surface area contributed by atoms with Crippen molar-refractivity contribution in [3.05, 3.63) is 52.2 Å². The van der Waals surface area contributed by atoms with Crippen LogP contribution in [0.3, 0.4) is 0 Å². The molecule has 2 rings (SSSR count). The van der Waals surface area contributed by atoms with E-state index < -0.39 is 0 Å². The van der Waals surface area contributed by atoms with E-state index in [1.165, 1.54) is 0 Å². The molecule has 0 atom stereocenters. The molecule has 4 heteroatoms.